The van der Waals surface area contributed by atoms with Crippen LogP contribution in [0.15, 0.2) is 66.7 Å². The number of halogens is 1. The molecule has 4 heteroatoms. The molecule has 3 nitrogen and oxygen atoms in total. The fraction of sp³-hybridized carbons (Fsp3) is 0.222. The Labute approximate surface area is 189 Å². The van der Waals surface area contributed by atoms with Crippen LogP contribution in [0.5, 0.6) is 11.5 Å². The second-order valence-corrected chi connectivity index (χ2v) is 8.18. The maximum absolute atomic E-state index is 12.5. The molecule has 0 atom stereocenters. The first-order valence-corrected chi connectivity index (χ1v) is 10.6. The molecule has 0 amide bonds. The fourth-order valence-corrected chi connectivity index (χ4v) is 3.48. The van der Waals surface area contributed by atoms with Gasteiger partial charge in [0.15, 0.2) is 5.78 Å². The van der Waals surface area contributed by atoms with Gasteiger partial charge in [-0.3, -0.25) is 4.79 Å². The zero-order valence-corrected chi connectivity index (χ0v) is 19.1. The Bertz CT molecular complexity index is 1080. The number of benzene rings is 3. The van der Waals surface area contributed by atoms with Crippen molar-refractivity contribution in [3.63, 3.8) is 0 Å². The highest BCUT2D eigenvalue weighted by atomic mass is 35.5. The molecule has 3 aromatic carbocycles. The fourth-order valence-electron chi connectivity index (χ4n) is 3.19. The molecule has 0 N–H and O–H groups in total. The summed E-state index contributed by atoms with van der Waals surface area (Å²) in [6.07, 6.45) is 3.40. The number of hydrogen-bond donors (Lipinski definition) is 0. The van der Waals surface area contributed by atoms with Crippen molar-refractivity contribution in [3.8, 4) is 11.5 Å². The number of methoxy groups -OCH3 is 1. The molecular weight excluding hydrogens is 408 g/mol. The lowest BCUT2D eigenvalue weighted by Crippen LogP contribution is -2.00. The number of ether oxygens (including phenoxy) is 2. The number of carbonyl (C=O) groups is 1. The highest BCUT2D eigenvalue weighted by Crippen LogP contribution is 2.28. The van der Waals surface area contributed by atoms with Gasteiger partial charge >= 0.3 is 0 Å². The molecule has 0 unspecified atom stereocenters. The normalized spacial score (nSPS) is 11.2. The maximum atomic E-state index is 12.5. The molecule has 0 spiro atoms. The van der Waals surface area contributed by atoms with Crippen molar-refractivity contribution in [2.75, 3.05) is 7.11 Å². The van der Waals surface area contributed by atoms with Crippen molar-refractivity contribution in [2.24, 2.45) is 0 Å². The second kappa shape index (κ2) is 10.3. The minimum atomic E-state index is -0.0321. The van der Waals surface area contributed by atoms with Gasteiger partial charge in [-0.15, -0.1) is 0 Å². The summed E-state index contributed by atoms with van der Waals surface area (Å²) in [5.41, 5.74) is 4.72. The quantitative estimate of drug-likeness (QED) is 0.276. The van der Waals surface area contributed by atoms with Gasteiger partial charge in [0.05, 0.1) is 12.1 Å². The third-order valence-electron chi connectivity index (χ3n) is 5.06. The smallest absolute Gasteiger partial charge is 0.185 e. The van der Waals surface area contributed by atoms with Crippen molar-refractivity contribution >= 4 is 23.5 Å². The van der Waals surface area contributed by atoms with Crippen LogP contribution in [0, 0.1) is 6.92 Å². The van der Waals surface area contributed by atoms with Crippen molar-refractivity contribution < 1.29 is 14.3 Å². The number of aryl methyl sites for hydroxylation is 1. The molecule has 3 aromatic rings. The predicted molar refractivity (Wildman–Crippen MR) is 127 cm³/mol. The lowest BCUT2D eigenvalue weighted by molar-refractivity contribution is 0.104. The third-order valence-corrected chi connectivity index (χ3v) is 5.36. The lowest BCUT2D eigenvalue weighted by Gasteiger charge is -2.12. The Morgan fingerprint density at radius 3 is 2.35 bits per heavy atom. The van der Waals surface area contributed by atoms with Crippen molar-refractivity contribution in [1.82, 2.24) is 0 Å². The van der Waals surface area contributed by atoms with Gasteiger partial charge in [-0.05, 0) is 59.9 Å². The van der Waals surface area contributed by atoms with Crippen LogP contribution in [-0.4, -0.2) is 12.9 Å². The molecule has 0 bridgehead atoms. The molecule has 160 valence electrons. The summed E-state index contributed by atoms with van der Waals surface area (Å²) < 4.78 is 11.4. The highest BCUT2D eigenvalue weighted by Gasteiger charge is 2.08. The van der Waals surface area contributed by atoms with Crippen LogP contribution >= 0.6 is 11.6 Å². The number of rotatable bonds is 8. The zero-order valence-electron chi connectivity index (χ0n) is 18.3. The van der Waals surface area contributed by atoms with Crippen LogP contribution in [0.4, 0.5) is 0 Å². The van der Waals surface area contributed by atoms with Crippen molar-refractivity contribution in [1.29, 1.82) is 0 Å². The molecule has 0 radical (unpaired) electrons. The van der Waals surface area contributed by atoms with Crippen LogP contribution in [0.2, 0.25) is 5.02 Å². The van der Waals surface area contributed by atoms with E-state index < -0.39 is 0 Å². The molecule has 31 heavy (non-hydrogen) atoms. The first kappa shape index (κ1) is 22.6. The van der Waals surface area contributed by atoms with E-state index in [1.165, 1.54) is 5.56 Å². The van der Waals surface area contributed by atoms with Gasteiger partial charge in [-0.25, -0.2) is 0 Å². The van der Waals surface area contributed by atoms with Crippen LogP contribution in [0.1, 0.15) is 52.4 Å². The largest absolute Gasteiger partial charge is 0.496 e. The number of allylic oxidation sites excluding steroid dienone is 1. The minimum Gasteiger partial charge on any atom is -0.496 e. The summed E-state index contributed by atoms with van der Waals surface area (Å²) in [5, 5.41) is 0.573. The molecule has 3 rings (SSSR count). The SMILES string of the molecule is COc1ccc(/C=C/C(=O)c2ccc(C(C)C)cc2)cc1COc1ccc(C)cc1Cl. The average Bonchev–Trinajstić information content (AvgIpc) is 2.77. The standard InChI is InChI=1S/C27H27ClO3/c1-18(2)21-8-10-22(11-9-21)25(29)12-6-20-7-14-26(30-4)23(16-20)17-31-27-13-5-19(3)15-24(27)28/h5-16,18H,17H2,1-4H3/b12-6+. The predicted octanol–water partition coefficient (Wildman–Crippen LogP) is 7.26. The van der Waals surface area contributed by atoms with E-state index in [0.717, 1.165) is 22.4 Å². The molecule has 0 aromatic heterocycles. The van der Waals surface area contributed by atoms with Gasteiger partial charge in [0.2, 0.25) is 0 Å². The molecular formula is C27H27ClO3. The van der Waals surface area contributed by atoms with Crippen LogP contribution in [-0.2, 0) is 6.61 Å². The van der Waals surface area contributed by atoms with E-state index in [1.54, 1.807) is 19.3 Å². The van der Waals surface area contributed by atoms with E-state index in [1.807, 2.05) is 67.6 Å². The van der Waals surface area contributed by atoms with Crippen LogP contribution in [0.3, 0.4) is 0 Å². The zero-order chi connectivity index (χ0) is 22.4. The van der Waals surface area contributed by atoms with Crippen LogP contribution < -0.4 is 9.47 Å². The van der Waals surface area contributed by atoms with E-state index in [-0.39, 0.29) is 5.78 Å². The van der Waals surface area contributed by atoms with E-state index in [0.29, 0.717) is 28.9 Å². The monoisotopic (exact) mass is 434 g/mol. The molecule has 0 aliphatic rings. The van der Waals surface area contributed by atoms with Gasteiger partial charge in [0.1, 0.15) is 18.1 Å². The van der Waals surface area contributed by atoms with Gasteiger partial charge in [0.25, 0.3) is 0 Å². The number of ketones is 1. The molecule has 0 fully saturated rings. The Hall–Kier alpha value is -3.04. The number of carbonyl (C=O) groups excluding carboxylic acids is 1. The topological polar surface area (TPSA) is 35.5 Å². The van der Waals surface area contributed by atoms with Gasteiger partial charge in [-0.1, -0.05) is 67.9 Å². The van der Waals surface area contributed by atoms with Gasteiger partial charge in [0, 0.05) is 11.1 Å². The average molecular weight is 435 g/mol. The van der Waals surface area contributed by atoms with Crippen LogP contribution in [0.25, 0.3) is 6.08 Å². The third kappa shape index (κ3) is 5.99. The first-order valence-electron chi connectivity index (χ1n) is 10.3. The van der Waals surface area contributed by atoms with Crippen molar-refractivity contribution in [2.45, 2.75) is 33.3 Å². The molecule has 0 saturated carbocycles. The van der Waals surface area contributed by atoms with E-state index in [2.05, 4.69) is 13.8 Å². The Morgan fingerprint density at radius 2 is 1.71 bits per heavy atom. The Kier molecular flexibility index (Phi) is 7.54. The second-order valence-electron chi connectivity index (χ2n) is 7.77. The lowest BCUT2D eigenvalue weighted by atomic mass is 10.00. The molecule has 0 aliphatic heterocycles. The molecule has 0 heterocycles. The molecule has 0 aliphatic carbocycles. The Balaban J connectivity index is 1.73. The summed E-state index contributed by atoms with van der Waals surface area (Å²) in [4.78, 5) is 12.5. The van der Waals surface area contributed by atoms with Gasteiger partial charge in [-0.2, -0.15) is 0 Å². The van der Waals surface area contributed by atoms with Gasteiger partial charge < -0.3 is 9.47 Å². The summed E-state index contributed by atoms with van der Waals surface area (Å²) in [6.45, 7) is 6.55. The van der Waals surface area contributed by atoms with E-state index >= 15 is 0 Å². The summed E-state index contributed by atoms with van der Waals surface area (Å²) in [7, 11) is 1.62. The number of hydrogen-bond acceptors (Lipinski definition) is 3. The Morgan fingerprint density at radius 1 is 1.00 bits per heavy atom. The van der Waals surface area contributed by atoms with E-state index in [9.17, 15) is 4.79 Å². The maximum Gasteiger partial charge on any atom is 0.185 e. The summed E-state index contributed by atoms with van der Waals surface area (Å²) in [6, 6.07) is 19.2. The first-order chi connectivity index (χ1) is 14.9. The van der Waals surface area contributed by atoms with E-state index in [4.69, 9.17) is 21.1 Å². The summed E-state index contributed by atoms with van der Waals surface area (Å²) >= 11 is 6.27. The summed E-state index contributed by atoms with van der Waals surface area (Å²) in [5.74, 6) is 1.75. The molecule has 0 saturated heterocycles. The van der Waals surface area contributed by atoms with Crippen molar-refractivity contribution in [3.05, 3.63) is 99.6 Å². The highest BCUT2D eigenvalue weighted by molar-refractivity contribution is 6.32. The minimum absolute atomic E-state index is 0.0321.